The summed E-state index contributed by atoms with van der Waals surface area (Å²) in [6, 6.07) is 10.3. The number of amides is 1. The lowest BCUT2D eigenvalue weighted by atomic mass is 9.86. The summed E-state index contributed by atoms with van der Waals surface area (Å²) in [5.41, 5.74) is 8.83. The van der Waals surface area contributed by atoms with Crippen LogP contribution >= 0.6 is 11.3 Å². The Morgan fingerprint density at radius 3 is 2.97 bits per heavy atom. The molecule has 0 saturated heterocycles. The van der Waals surface area contributed by atoms with Gasteiger partial charge in [0.05, 0.1) is 23.6 Å². The molecule has 2 aromatic carbocycles. The lowest BCUT2D eigenvalue weighted by molar-refractivity contribution is -0.118. The number of nitrogens with zero attached hydrogens (tertiary/aromatic N) is 3. The lowest BCUT2D eigenvalue weighted by Crippen LogP contribution is -2.25. The Labute approximate surface area is 197 Å². The van der Waals surface area contributed by atoms with E-state index >= 15 is 0 Å². The first-order chi connectivity index (χ1) is 16.0. The molecule has 3 aromatic rings. The first-order valence-corrected chi connectivity index (χ1v) is 12.0. The van der Waals surface area contributed by atoms with Gasteiger partial charge in [0.1, 0.15) is 5.75 Å². The van der Waals surface area contributed by atoms with Crippen molar-refractivity contribution in [2.75, 3.05) is 18.5 Å². The summed E-state index contributed by atoms with van der Waals surface area (Å²) in [7, 11) is 0. The van der Waals surface area contributed by atoms with E-state index in [-0.39, 0.29) is 12.5 Å². The molecule has 0 atom stereocenters. The lowest BCUT2D eigenvalue weighted by Gasteiger charge is -2.21. The van der Waals surface area contributed by atoms with Gasteiger partial charge >= 0.3 is 0 Å². The number of carbonyl (C=O) groups is 1. The first-order valence-electron chi connectivity index (χ1n) is 11.1. The Hall–Kier alpha value is -3.45. The molecule has 0 fully saturated rings. The molecule has 0 unspecified atom stereocenters. The maximum atomic E-state index is 11.8. The fourth-order valence-corrected chi connectivity index (χ4v) is 5.31. The average molecular weight is 459 g/mol. The standard InChI is InChI=1S/C26H26N4O2S/c1-4-10-27-26-30(29-21-7-5-6-19-17(3)11-16(2)12-20(19)21)23(15-33-26)18-8-9-24-22(13-18)28-25(31)14-32-24/h4,8-9,11-13,15H,1,5-7,10,14H2,2-3H3,(H,28,31). The van der Waals surface area contributed by atoms with Gasteiger partial charge in [-0.25, -0.2) is 4.68 Å². The molecule has 1 N–H and O–H groups in total. The molecular formula is C26H26N4O2S. The van der Waals surface area contributed by atoms with Crippen LogP contribution in [0.15, 0.2) is 58.5 Å². The van der Waals surface area contributed by atoms with E-state index in [0.29, 0.717) is 18.0 Å². The van der Waals surface area contributed by atoms with Crippen molar-refractivity contribution in [3.8, 4) is 17.0 Å². The molecule has 1 aromatic heterocycles. The van der Waals surface area contributed by atoms with Crippen LogP contribution in [0, 0.1) is 13.8 Å². The molecule has 7 heteroatoms. The van der Waals surface area contributed by atoms with Crippen LogP contribution in [0.2, 0.25) is 0 Å². The van der Waals surface area contributed by atoms with Crippen molar-refractivity contribution < 1.29 is 9.53 Å². The quantitative estimate of drug-likeness (QED) is 0.569. The van der Waals surface area contributed by atoms with Crippen molar-refractivity contribution in [2.45, 2.75) is 33.1 Å². The zero-order valence-electron chi connectivity index (χ0n) is 18.9. The summed E-state index contributed by atoms with van der Waals surface area (Å²) in [5, 5.41) is 10.1. The van der Waals surface area contributed by atoms with E-state index in [1.54, 1.807) is 17.4 Å². The molecule has 168 valence electrons. The maximum absolute atomic E-state index is 11.8. The number of nitrogens with one attached hydrogen (secondary N) is 1. The Kier molecular flexibility index (Phi) is 5.72. The highest BCUT2D eigenvalue weighted by Gasteiger charge is 2.21. The molecule has 1 aliphatic heterocycles. The summed E-state index contributed by atoms with van der Waals surface area (Å²) in [6.07, 6.45) is 4.87. The molecule has 2 heterocycles. The van der Waals surface area contributed by atoms with Crippen LogP contribution < -0.4 is 14.9 Å². The molecular weight excluding hydrogens is 432 g/mol. The summed E-state index contributed by atoms with van der Waals surface area (Å²) in [6.45, 7) is 8.69. The summed E-state index contributed by atoms with van der Waals surface area (Å²) in [5.74, 6) is 0.527. The van der Waals surface area contributed by atoms with Gasteiger partial charge in [-0.2, -0.15) is 5.10 Å². The fourth-order valence-electron chi connectivity index (χ4n) is 4.47. The van der Waals surface area contributed by atoms with Crippen LogP contribution in [0.4, 0.5) is 5.69 Å². The van der Waals surface area contributed by atoms with Gasteiger partial charge in [0, 0.05) is 16.5 Å². The molecule has 2 aliphatic rings. The monoisotopic (exact) mass is 458 g/mol. The predicted molar refractivity (Wildman–Crippen MR) is 133 cm³/mol. The molecule has 33 heavy (non-hydrogen) atoms. The highest BCUT2D eigenvalue weighted by atomic mass is 32.1. The third-order valence-corrected chi connectivity index (χ3v) is 6.79. The van der Waals surface area contributed by atoms with Crippen molar-refractivity contribution in [3.63, 3.8) is 0 Å². The highest BCUT2D eigenvalue weighted by molar-refractivity contribution is 7.07. The van der Waals surface area contributed by atoms with Crippen LogP contribution in [0.3, 0.4) is 0 Å². The van der Waals surface area contributed by atoms with E-state index in [2.05, 4.69) is 48.2 Å². The summed E-state index contributed by atoms with van der Waals surface area (Å²) < 4.78 is 7.46. The number of hydrogen-bond donors (Lipinski definition) is 1. The zero-order valence-corrected chi connectivity index (χ0v) is 19.7. The Morgan fingerprint density at radius 1 is 1.24 bits per heavy atom. The largest absolute Gasteiger partial charge is 0.482 e. The Balaban J connectivity index is 1.66. The number of thiazole rings is 1. The van der Waals surface area contributed by atoms with Crippen molar-refractivity contribution in [1.29, 1.82) is 0 Å². The third kappa shape index (κ3) is 4.16. The molecule has 5 rings (SSSR count). The summed E-state index contributed by atoms with van der Waals surface area (Å²) in [4.78, 5) is 17.3. The number of fused-ring (bicyclic) bond motifs is 2. The summed E-state index contributed by atoms with van der Waals surface area (Å²) >= 11 is 1.55. The van der Waals surface area contributed by atoms with Crippen molar-refractivity contribution >= 4 is 28.6 Å². The number of hydrogen-bond acceptors (Lipinski definition) is 5. The van der Waals surface area contributed by atoms with E-state index in [1.165, 1.54) is 22.3 Å². The van der Waals surface area contributed by atoms with E-state index in [1.807, 2.05) is 22.9 Å². The minimum Gasteiger partial charge on any atom is -0.482 e. The van der Waals surface area contributed by atoms with Crippen LogP contribution in [-0.4, -0.2) is 29.4 Å². The van der Waals surface area contributed by atoms with Gasteiger partial charge in [0.25, 0.3) is 5.91 Å². The Bertz CT molecular complexity index is 1360. The number of rotatable bonds is 4. The first kappa shape index (κ1) is 21.4. The number of ether oxygens (including phenoxy) is 1. The molecule has 0 bridgehead atoms. The van der Waals surface area contributed by atoms with Crippen molar-refractivity contribution in [3.05, 3.63) is 75.4 Å². The van der Waals surface area contributed by atoms with Gasteiger partial charge in [-0.15, -0.1) is 17.9 Å². The smallest absolute Gasteiger partial charge is 0.262 e. The van der Waals surface area contributed by atoms with Gasteiger partial charge in [-0.05, 0) is 68.5 Å². The van der Waals surface area contributed by atoms with Gasteiger partial charge in [0.15, 0.2) is 6.61 Å². The van der Waals surface area contributed by atoms with Gasteiger partial charge in [-0.3, -0.25) is 9.79 Å². The van der Waals surface area contributed by atoms with Crippen LogP contribution in [0.5, 0.6) is 5.75 Å². The molecule has 0 spiro atoms. The molecule has 0 radical (unpaired) electrons. The van der Waals surface area contributed by atoms with Crippen molar-refractivity contribution in [1.82, 2.24) is 4.68 Å². The highest BCUT2D eigenvalue weighted by Crippen LogP contribution is 2.33. The Morgan fingerprint density at radius 2 is 2.12 bits per heavy atom. The molecule has 0 saturated carbocycles. The molecule has 1 aliphatic carbocycles. The molecule has 6 nitrogen and oxygen atoms in total. The van der Waals surface area contributed by atoms with E-state index < -0.39 is 0 Å². The van der Waals surface area contributed by atoms with Gasteiger partial charge < -0.3 is 10.1 Å². The molecule has 1 amide bonds. The number of benzene rings is 2. The second-order valence-electron chi connectivity index (χ2n) is 8.40. The van der Waals surface area contributed by atoms with E-state index in [9.17, 15) is 4.79 Å². The second-order valence-corrected chi connectivity index (χ2v) is 9.24. The number of anilines is 1. The van der Waals surface area contributed by atoms with Gasteiger partial charge in [-0.1, -0.05) is 17.7 Å². The number of carbonyl (C=O) groups excluding carboxylic acids is 1. The minimum atomic E-state index is -0.149. The van der Waals surface area contributed by atoms with Crippen molar-refractivity contribution in [2.24, 2.45) is 10.1 Å². The maximum Gasteiger partial charge on any atom is 0.262 e. The van der Waals surface area contributed by atoms with Crippen LogP contribution in [-0.2, 0) is 11.2 Å². The normalized spacial score (nSPS) is 16.7. The van der Waals surface area contributed by atoms with E-state index in [4.69, 9.17) is 9.84 Å². The van der Waals surface area contributed by atoms with Gasteiger partial charge in [0.2, 0.25) is 4.80 Å². The van der Waals surface area contributed by atoms with Crippen LogP contribution in [0.25, 0.3) is 11.3 Å². The fraction of sp³-hybridized carbons (Fsp3) is 0.269. The predicted octanol–water partition coefficient (Wildman–Crippen LogP) is 4.84. The van der Waals surface area contributed by atoms with E-state index in [0.717, 1.165) is 41.0 Å². The SMILES string of the molecule is C=CCN=c1scc(-c2ccc3c(c2)NC(=O)CO3)n1N=C1CCCc2c(C)cc(C)cc21. The number of aromatic nitrogens is 1. The zero-order chi connectivity index (χ0) is 22.9. The van der Waals surface area contributed by atoms with Crippen LogP contribution in [0.1, 0.15) is 35.1 Å². The second kappa shape index (κ2) is 8.83. The topological polar surface area (TPSA) is 68.0 Å². The average Bonchev–Trinajstić information content (AvgIpc) is 3.20. The number of aryl methyl sites for hydroxylation is 2. The minimum absolute atomic E-state index is 0.0429. The third-order valence-electron chi connectivity index (χ3n) is 5.94.